The largest absolute Gasteiger partial charge is 3.00 e. The van der Waals surface area contributed by atoms with Crippen molar-refractivity contribution in [2.24, 2.45) is 0 Å². The van der Waals surface area contributed by atoms with Gasteiger partial charge in [-0.15, -0.1) is 0 Å². The number of nitrogens with one attached hydrogen (secondary N) is 1. The van der Waals surface area contributed by atoms with Crippen LogP contribution in [0.15, 0.2) is 24.3 Å². The monoisotopic (exact) mass is 181 g/mol. The molecule has 0 radical (unpaired) electrons. The summed E-state index contributed by atoms with van der Waals surface area (Å²) in [5.74, 6) is 0. The molecule has 0 aliphatic heterocycles. The number of para-hydroxylation sites is 2. The Bertz CT molecular complexity index is 279. The number of benzene rings is 1. The van der Waals surface area contributed by atoms with E-state index in [0.717, 1.165) is 0 Å². The summed E-state index contributed by atoms with van der Waals surface area (Å²) in [6.07, 6.45) is 0. The molecule has 0 fully saturated rings. The number of hydrogen-bond acceptors (Lipinski definition) is 4. The molecule has 0 aromatic heterocycles. The zero-order chi connectivity index (χ0) is 8.27. The van der Waals surface area contributed by atoms with Gasteiger partial charge in [-0.2, -0.15) is 0 Å². The fourth-order valence-corrected chi connectivity index (χ4v) is 0.727. The molecule has 12 heavy (non-hydrogen) atoms. The molecule has 5 nitrogen and oxygen atoms in total. The van der Waals surface area contributed by atoms with Gasteiger partial charge in [-0.1, -0.05) is 12.1 Å². The first-order valence-electron chi connectivity index (χ1n) is 2.89. The van der Waals surface area contributed by atoms with Gasteiger partial charge in [0, 0.05) is 6.07 Å². The van der Waals surface area contributed by atoms with Crippen LogP contribution < -0.4 is 5.48 Å². The van der Waals surface area contributed by atoms with E-state index in [0.29, 0.717) is 0 Å². The number of anilines is 1. The van der Waals surface area contributed by atoms with Gasteiger partial charge in [0.15, 0.2) is 0 Å². The van der Waals surface area contributed by atoms with Crippen molar-refractivity contribution in [3.8, 4) is 0 Å². The van der Waals surface area contributed by atoms with Crippen LogP contribution in [0.3, 0.4) is 0 Å². The van der Waals surface area contributed by atoms with Crippen LogP contribution in [0.4, 0.5) is 11.4 Å². The Morgan fingerprint density at radius 2 is 2.00 bits per heavy atom. The molecule has 0 heterocycles. The molecule has 0 saturated carbocycles. The molecular weight excluding hydrogens is 175 g/mol. The van der Waals surface area contributed by atoms with Crippen LogP contribution in [-0.4, -0.2) is 27.5 Å². The second kappa shape index (κ2) is 4.72. The number of hydrogen-bond donors (Lipinski definition) is 2. The Morgan fingerprint density at radius 3 is 2.42 bits per heavy atom. The van der Waals surface area contributed by atoms with Crippen molar-refractivity contribution in [3.63, 3.8) is 0 Å². The van der Waals surface area contributed by atoms with Crippen molar-refractivity contribution >= 4 is 28.7 Å². The predicted octanol–water partition coefficient (Wildman–Crippen LogP) is 1.02. The molecule has 0 spiro atoms. The molecule has 0 amide bonds. The average Bonchev–Trinajstić information content (AvgIpc) is 2.04. The van der Waals surface area contributed by atoms with Gasteiger partial charge in [-0.05, 0) is 6.07 Å². The molecule has 0 bridgehead atoms. The van der Waals surface area contributed by atoms with E-state index in [1.54, 1.807) is 11.5 Å². The normalized spacial score (nSPS) is 8.42. The van der Waals surface area contributed by atoms with Gasteiger partial charge in [0.2, 0.25) is 0 Å². The SMILES string of the molecule is O=[N+]([O-])c1ccccc1NO.[Al+3]. The van der Waals surface area contributed by atoms with E-state index in [1.807, 2.05) is 0 Å². The van der Waals surface area contributed by atoms with E-state index in [4.69, 9.17) is 5.21 Å². The van der Waals surface area contributed by atoms with E-state index in [9.17, 15) is 10.1 Å². The van der Waals surface area contributed by atoms with E-state index >= 15 is 0 Å². The summed E-state index contributed by atoms with van der Waals surface area (Å²) in [7, 11) is 0. The average molecular weight is 181 g/mol. The second-order valence-corrected chi connectivity index (χ2v) is 1.89. The minimum Gasteiger partial charge on any atom is -0.291 e. The minimum absolute atomic E-state index is 0. The standard InChI is InChI=1S/C6H6N2O3.Al/c9-7-5-3-1-2-4-6(5)8(10)11;/h1-4,7,9H;/q;+3. The van der Waals surface area contributed by atoms with Crippen molar-refractivity contribution in [1.82, 2.24) is 0 Å². The maximum Gasteiger partial charge on any atom is 3.00 e. The fourth-order valence-electron chi connectivity index (χ4n) is 0.727. The first-order valence-corrected chi connectivity index (χ1v) is 2.89. The van der Waals surface area contributed by atoms with Gasteiger partial charge in [-0.3, -0.25) is 20.8 Å². The maximum absolute atomic E-state index is 10.2. The molecule has 1 aromatic carbocycles. The van der Waals surface area contributed by atoms with E-state index in [2.05, 4.69) is 0 Å². The van der Waals surface area contributed by atoms with Gasteiger partial charge in [-0.25, -0.2) is 0 Å². The maximum atomic E-state index is 10.2. The smallest absolute Gasteiger partial charge is 0.291 e. The first kappa shape index (κ1) is 10.9. The summed E-state index contributed by atoms with van der Waals surface area (Å²) >= 11 is 0. The fraction of sp³-hybridized carbons (Fsp3) is 0. The van der Waals surface area contributed by atoms with Crippen molar-refractivity contribution in [3.05, 3.63) is 34.4 Å². The van der Waals surface area contributed by atoms with Crippen LogP contribution in [0.1, 0.15) is 0 Å². The number of rotatable bonds is 2. The van der Waals surface area contributed by atoms with Crippen LogP contribution in [0.25, 0.3) is 0 Å². The van der Waals surface area contributed by atoms with Crippen molar-refractivity contribution in [1.29, 1.82) is 0 Å². The number of nitro benzene ring substituents is 1. The summed E-state index contributed by atoms with van der Waals surface area (Å²) in [6.45, 7) is 0. The van der Waals surface area contributed by atoms with Crippen molar-refractivity contribution in [2.45, 2.75) is 0 Å². The molecule has 0 unspecified atom stereocenters. The van der Waals surface area contributed by atoms with Crippen LogP contribution in [0.5, 0.6) is 0 Å². The summed E-state index contributed by atoms with van der Waals surface area (Å²) in [5.41, 5.74) is 1.69. The molecular formula is C6H6AlN2O3+3. The zero-order valence-electron chi connectivity index (χ0n) is 6.10. The third kappa shape index (κ3) is 2.20. The third-order valence-corrected chi connectivity index (χ3v) is 1.22. The molecule has 6 heteroatoms. The summed E-state index contributed by atoms with van der Waals surface area (Å²) in [5, 5.41) is 18.6. The van der Waals surface area contributed by atoms with Crippen LogP contribution in [-0.2, 0) is 0 Å². The quantitative estimate of drug-likeness (QED) is 0.405. The Balaban J connectivity index is 0.00000121. The Kier molecular flexibility index (Phi) is 4.29. The van der Waals surface area contributed by atoms with Crippen molar-refractivity contribution in [2.75, 3.05) is 5.48 Å². The zero-order valence-corrected chi connectivity index (χ0v) is 7.25. The molecule has 58 valence electrons. The molecule has 1 aromatic rings. The predicted molar refractivity (Wildman–Crippen MR) is 44.3 cm³/mol. The number of nitro groups is 1. The topological polar surface area (TPSA) is 75.4 Å². The molecule has 0 aliphatic rings. The minimum atomic E-state index is -0.571. The van der Waals surface area contributed by atoms with Crippen molar-refractivity contribution < 1.29 is 10.1 Å². The molecule has 0 aliphatic carbocycles. The van der Waals surface area contributed by atoms with Crippen LogP contribution in [0.2, 0.25) is 0 Å². The van der Waals surface area contributed by atoms with Gasteiger partial charge in [0.05, 0.1) is 4.92 Å². The molecule has 2 N–H and O–H groups in total. The van der Waals surface area contributed by atoms with Gasteiger partial charge in [0.25, 0.3) is 5.69 Å². The van der Waals surface area contributed by atoms with Gasteiger partial charge < -0.3 is 0 Å². The van der Waals surface area contributed by atoms with Gasteiger partial charge >= 0.3 is 17.4 Å². The first-order chi connectivity index (χ1) is 5.25. The number of nitrogens with zero attached hydrogens (tertiary/aromatic N) is 1. The third-order valence-electron chi connectivity index (χ3n) is 1.22. The Hall–Kier alpha value is -1.09. The summed E-state index contributed by atoms with van der Waals surface area (Å²) in [4.78, 5) is 9.66. The molecule has 1 rings (SSSR count). The Labute approximate surface area is 79.3 Å². The molecule has 0 atom stereocenters. The molecule has 0 saturated heterocycles. The Morgan fingerprint density at radius 1 is 1.42 bits per heavy atom. The van der Waals surface area contributed by atoms with Crippen LogP contribution in [0, 0.1) is 10.1 Å². The second-order valence-electron chi connectivity index (χ2n) is 1.89. The van der Waals surface area contributed by atoms with E-state index < -0.39 is 4.92 Å². The summed E-state index contributed by atoms with van der Waals surface area (Å²) < 4.78 is 0. The van der Waals surface area contributed by atoms with Gasteiger partial charge in [0.1, 0.15) is 5.69 Å². The van der Waals surface area contributed by atoms with E-state index in [-0.39, 0.29) is 28.7 Å². The van der Waals surface area contributed by atoms with E-state index in [1.165, 1.54) is 18.2 Å². The summed E-state index contributed by atoms with van der Waals surface area (Å²) in [6, 6.07) is 5.83. The van der Waals surface area contributed by atoms with Crippen LogP contribution >= 0.6 is 0 Å².